The molecule has 50 heavy (non-hydrogen) atoms. The third-order valence-corrected chi connectivity index (χ3v) is 6.75. The maximum Gasteiger partial charge on any atom is 0.326 e. The standard InChI is InChI=1S/C30H54N6O14/c1-31-11-13-47-15-17-49-19-26(39)34-12-14-48-16-18-50-20-27(40)36-23(30(45)46)7-9-25(38)35-22(29(43)44)6-8-24(37)33-10-4-3-5-21(32-2)28(41)42/h21-23,31-32H,3-20H2,1-2H3,(H,33,37)(H,34,39)(H,35,38)(H,36,40)(H,41,42)(H,43,44)(H,45,46)/t21-,22-,23-/m0/s1. The summed E-state index contributed by atoms with van der Waals surface area (Å²) >= 11 is 0. The molecule has 0 saturated heterocycles. The van der Waals surface area contributed by atoms with Crippen LogP contribution < -0.4 is 31.9 Å². The van der Waals surface area contributed by atoms with Gasteiger partial charge in [0.05, 0.1) is 39.6 Å². The van der Waals surface area contributed by atoms with Crippen molar-refractivity contribution in [3.05, 3.63) is 0 Å². The second-order valence-electron chi connectivity index (χ2n) is 10.8. The average molecular weight is 723 g/mol. The highest BCUT2D eigenvalue weighted by atomic mass is 16.5. The molecule has 4 amide bonds. The molecule has 0 aromatic rings. The summed E-state index contributed by atoms with van der Waals surface area (Å²) in [5.41, 5.74) is 0. The molecule has 0 rings (SSSR count). The quantitative estimate of drug-likeness (QED) is 0.0306. The number of carboxylic acids is 3. The van der Waals surface area contributed by atoms with Crippen LogP contribution in [0.5, 0.6) is 0 Å². The van der Waals surface area contributed by atoms with Crippen LogP contribution in [0.3, 0.4) is 0 Å². The van der Waals surface area contributed by atoms with Gasteiger partial charge in [-0.05, 0) is 46.2 Å². The molecule has 20 heteroatoms. The minimum Gasteiger partial charge on any atom is -0.480 e. The molecule has 0 aliphatic rings. The molecule has 0 saturated carbocycles. The van der Waals surface area contributed by atoms with Crippen molar-refractivity contribution < 1.29 is 67.8 Å². The molecule has 20 nitrogen and oxygen atoms in total. The second-order valence-corrected chi connectivity index (χ2v) is 10.8. The molecular weight excluding hydrogens is 668 g/mol. The predicted molar refractivity (Wildman–Crippen MR) is 175 cm³/mol. The van der Waals surface area contributed by atoms with E-state index in [1.54, 1.807) is 0 Å². The minimum absolute atomic E-state index is 0.0106. The van der Waals surface area contributed by atoms with E-state index in [1.807, 2.05) is 7.05 Å². The Morgan fingerprint density at radius 1 is 0.500 bits per heavy atom. The first kappa shape index (κ1) is 46.0. The average Bonchev–Trinajstić information content (AvgIpc) is 3.06. The lowest BCUT2D eigenvalue weighted by molar-refractivity contribution is -0.144. The number of ether oxygens (including phenoxy) is 4. The smallest absolute Gasteiger partial charge is 0.326 e. The van der Waals surface area contributed by atoms with E-state index in [1.165, 1.54) is 7.05 Å². The van der Waals surface area contributed by atoms with Gasteiger partial charge in [0.25, 0.3) is 0 Å². The first-order valence-electron chi connectivity index (χ1n) is 16.3. The fourth-order valence-electron chi connectivity index (χ4n) is 4.01. The van der Waals surface area contributed by atoms with Crippen LogP contribution in [0, 0.1) is 0 Å². The molecule has 0 aromatic heterocycles. The zero-order valence-electron chi connectivity index (χ0n) is 28.8. The van der Waals surface area contributed by atoms with E-state index in [0.717, 1.165) is 6.54 Å². The van der Waals surface area contributed by atoms with Crippen molar-refractivity contribution in [2.75, 3.05) is 86.6 Å². The largest absolute Gasteiger partial charge is 0.480 e. The summed E-state index contributed by atoms with van der Waals surface area (Å²) < 4.78 is 20.9. The van der Waals surface area contributed by atoms with Crippen LogP contribution in [-0.2, 0) is 52.5 Å². The van der Waals surface area contributed by atoms with Gasteiger partial charge in [-0.1, -0.05) is 0 Å². The van der Waals surface area contributed by atoms with Crippen LogP contribution in [-0.4, -0.2) is 162 Å². The van der Waals surface area contributed by atoms with Gasteiger partial charge in [0.2, 0.25) is 23.6 Å². The number of aliphatic carboxylic acids is 3. The summed E-state index contributed by atoms with van der Waals surface area (Å²) in [7, 11) is 3.35. The number of likely N-dealkylation sites (N-methyl/N-ethyl adjacent to an activating group) is 2. The number of amides is 4. The Balaban J connectivity index is 4.17. The Kier molecular flexibility index (Phi) is 27.6. The molecule has 0 heterocycles. The summed E-state index contributed by atoms with van der Waals surface area (Å²) in [6, 6.07) is -3.53. The number of hydrogen-bond acceptors (Lipinski definition) is 13. The van der Waals surface area contributed by atoms with Crippen molar-refractivity contribution in [1.82, 2.24) is 31.9 Å². The van der Waals surface area contributed by atoms with E-state index in [9.17, 15) is 43.8 Å². The van der Waals surface area contributed by atoms with E-state index in [0.29, 0.717) is 39.1 Å². The normalized spacial score (nSPS) is 12.7. The summed E-state index contributed by atoms with van der Waals surface area (Å²) in [5, 5.41) is 43.2. The van der Waals surface area contributed by atoms with E-state index in [4.69, 9.17) is 24.1 Å². The topological polar surface area (TPSA) is 289 Å². The molecule has 0 aromatic carbocycles. The highest BCUT2D eigenvalue weighted by Crippen LogP contribution is 2.04. The molecule has 9 N–H and O–H groups in total. The van der Waals surface area contributed by atoms with E-state index in [-0.39, 0.29) is 64.7 Å². The van der Waals surface area contributed by atoms with Crippen molar-refractivity contribution >= 4 is 41.5 Å². The van der Waals surface area contributed by atoms with Crippen molar-refractivity contribution in [3.8, 4) is 0 Å². The molecule has 0 fully saturated rings. The van der Waals surface area contributed by atoms with Crippen LogP contribution in [0.4, 0.5) is 0 Å². The number of hydrogen-bond donors (Lipinski definition) is 9. The molecule has 0 bridgehead atoms. The van der Waals surface area contributed by atoms with Gasteiger partial charge < -0.3 is 66.2 Å². The monoisotopic (exact) mass is 722 g/mol. The number of carbonyl (C=O) groups is 7. The highest BCUT2D eigenvalue weighted by molar-refractivity contribution is 5.86. The fraction of sp³-hybridized carbons (Fsp3) is 0.767. The van der Waals surface area contributed by atoms with Crippen LogP contribution in [0.1, 0.15) is 44.9 Å². The van der Waals surface area contributed by atoms with Crippen LogP contribution >= 0.6 is 0 Å². The van der Waals surface area contributed by atoms with Gasteiger partial charge in [0.15, 0.2) is 0 Å². The van der Waals surface area contributed by atoms with Gasteiger partial charge >= 0.3 is 17.9 Å². The van der Waals surface area contributed by atoms with E-state index in [2.05, 4.69) is 31.9 Å². The number of carboxylic acid groups (broad SMARTS) is 3. The lowest BCUT2D eigenvalue weighted by Gasteiger charge is -2.17. The summed E-state index contributed by atoms with van der Waals surface area (Å²) in [6.45, 7) is 2.15. The van der Waals surface area contributed by atoms with Gasteiger partial charge in [0.1, 0.15) is 31.3 Å². The molecule has 0 unspecified atom stereocenters. The molecule has 288 valence electrons. The first-order chi connectivity index (χ1) is 23.9. The molecule has 0 aliphatic heterocycles. The highest BCUT2D eigenvalue weighted by Gasteiger charge is 2.24. The van der Waals surface area contributed by atoms with Gasteiger partial charge in [-0.2, -0.15) is 0 Å². The van der Waals surface area contributed by atoms with Gasteiger partial charge in [-0.15, -0.1) is 0 Å². The first-order valence-corrected chi connectivity index (χ1v) is 16.3. The second kappa shape index (κ2) is 29.9. The van der Waals surface area contributed by atoms with Gasteiger partial charge in [-0.3, -0.25) is 24.0 Å². The maximum atomic E-state index is 12.3. The molecule has 3 atom stereocenters. The Hall–Kier alpha value is -3.95. The summed E-state index contributed by atoms with van der Waals surface area (Å²) in [4.78, 5) is 82.4. The molecule has 0 aliphatic carbocycles. The fourth-order valence-corrected chi connectivity index (χ4v) is 4.01. The lowest BCUT2D eigenvalue weighted by atomic mass is 10.1. The SMILES string of the molecule is CNCCOCCOCC(=O)NCCOCCOCC(=O)N[C@@H](CCC(=O)N[C@@H](CCC(=O)NCCCC[C@H](NC)C(=O)O)C(=O)O)C(=O)O. The number of carbonyl (C=O) groups excluding carboxylic acids is 4. The number of unbranched alkanes of at least 4 members (excludes halogenated alkanes) is 1. The van der Waals surface area contributed by atoms with Crippen LogP contribution in [0.25, 0.3) is 0 Å². The van der Waals surface area contributed by atoms with Crippen molar-refractivity contribution in [2.45, 2.75) is 63.1 Å². The summed E-state index contributed by atoms with van der Waals surface area (Å²) in [6.07, 6.45) is 0.271. The zero-order valence-corrected chi connectivity index (χ0v) is 28.8. The van der Waals surface area contributed by atoms with E-state index < -0.39 is 66.8 Å². The predicted octanol–water partition coefficient (Wildman–Crippen LogP) is -2.95. The zero-order chi connectivity index (χ0) is 37.6. The van der Waals surface area contributed by atoms with E-state index >= 15 is 0 Å². The Morgan fingerprint density at radius 2 is 0.980 bits per heavy atom. The Labute approximate surface area is 291 Å². The third kappa shape index (κ3) is 26.0. The number of nitrogens with one attached hydrogen (secondary N) is 6. The van der Waals surface area contributed by atoms with Crippen molar-refractivity contribution in [2.24, 2.45) is 0 Å². The summed E-state index contributed by atoms with van der Waals surface area (Å²) in [5.74, 6) is -6.05. The van der Waals surface area contributed by atoms with Crippen molar-refractivity contribution in [1.29, 1.82) is 0 Å². The molecule has 0 radical (unpaired) electrons. The minimum atomic E-state index is -1.44. The maximum absolute atomic E-state index is 12.3. The molecule has 0 spiro atoms. The Morgan fingerprint density at radius 3 is 1.52 bits per heavy atom. The van der Waals surface area contributed by atoms with Gasteiger partial charge in [0, 0.05) is 32.5 Å². The van der Waals surface area contributed by atoms with Crippen LogP contribution in [0.15, 0.2) is 0 Å². The Bertz CT molecular complexity index is 1030. The molecular formula is C30H54N6O14. The third-order valence-electron chi connectivity index (χ3n) is 6.75. The number of rotatable bonds is 33. The lowest BCUT2D eigenvalue weighted by Crippen LogP contribution is -2.45. The van der Waals surface area contributed by atoms with Crippen LogP contribution in [0.2, 0.25) is 0 Å². The van der Waals surface area contributed by atoms with Gasteiger partial charge in [-0.25, -0.2) is 9.59 Å². The van der Waals surface area contributed by atoms with Crippen molar-refractivity contribution in [3.63, 3.8) is 0 Å².